The molecule has 0 aliphatic heterocycles. The highest BCUT2D eigenvalue weighted by molar-refractivity contribution is 7.46. The zero-order chi connectivity index (χ0) is 19.2. The van der Waals surface area contributed by atoms with Crippen molar-refractivity contribution in [2.75, 3.05) is 34.2 Å². The van der Waals surface area contributed by atoms with Crippen LogP contribution < -0.4 is 0 Å². The van der Waals surface area contributed by atoms with Crippen molar-refractivity contribution in [3.8, 4) is 0 Å². The van der Waals surface area contributed by atoms with Crippen LogP contribution in [0.2, 0.25) is 0 Å². The van der Waals surface area contributed by atoms with E-state index in [1.54, 1.807) is 0 Å². The third kappa shape index (κ3) is 19.6. The normalized spacial score (nSPS) is 13.5. The van der Waals surface area contributed by atoms with Crippen LogP contribution in [0.5, 0.6) is 0 Å². The number of likely N-dealkylation sites (N-methyl/N-ethyl adjacent to an activating group) is 1. The van der Waals surface area contributed by atoms with Crippen LogP contribution in [0.25, 0.3) is 10.4 Å². The number of nitrogens with zero attached hydrogens (tertiary/aromatic N) is 4. The topological polar surface area (TPSA) is 116 Å². The summed E-state index contributed by atoms with van der Waals surface area (Å²) in [4.78, 5) is 20.8. The lowest BCUT2D eigenvalue weighted by atomic mass is 10.0. The smallest absolute Gasteiger partial charge is 0.329 e. The Morgan fingerprint density at radius 2 is 1.48 bits per heavy atom. The van der Waals surface area contributed by atoms with E-state index in [2.05, 4.69) is 10.0 Å². The highest BCUT2D eigenvalue weighted by Gasteiger charge is 2.26. The van der Waals surface area contributed by atoms with Gasteiger partial charge in [0.15, 0.2) is 0 Å². The lowest BCUT2D eigenvalue weighted by Crippen LogP contribution is -2.42. The van der Waals surface area contributed by atoms with Crippen molar-refractivity contribution in [1.82, 2.24) is 0 Å². The minimum Gasteiger partial charge on any atom is -0.329 e. The largest absolute Gasteiger partial charge is 0.470 e. The van der Waals surface area contributed by atoms with Gasteiger partial charge in [0.05, 0.1) is 21.1 Å². The molecule has 0 rings (SSSR count). The van der Waals surface area contributed by atoms with Crippen LogP contribution in [0.15, 0.2) is 5.11 Å². The molecule has 0 aliphatic carbocycles. The van der Waals surface area contributed by atoms with E-state index in [9.17, 15) is 4.57 Å². The van der Waals surface area contributed by atoms with Gasteiger partial charge in [0.1, 0.15) is 12.6 Å². The molecule has 9 heteroatoms. The van der Waals surface area contributed by atoms with Crippen molar-refractivity contribution in [3.63, 3.8) is 0 Å². The van der Waals surface area contributed by atoms with Gasteiger partial charge in [0.2, 0.25) is 0 Å². The van der Waals surface area contributed by atoms with E-state index in [0.29, 0.717) is 24.0 Å². The number of quaternary nitrogens is 1. The SMILES string of the molecule is C[N+](C)(C)CC(CCCCCCCCCCCN=[N+]=[N-])OP(=O)(O)O. The van der Waals surface area contributed by atoms with Crippen molar-refractivity contribution in [3.05, 3.63) is 10.4 Å². The number of phosphoric acid groups is 1. The van der Waals surface area contributed by atoms with Gasteiger partial charge >= 0.3 is 7.82 Å². The monoisotopic (exact) mass is 379 g/mol. The molecule has 0 saturated heterocycles. The maximum absolute atomic E-state index is 11.1. The molecule has 25 heavy (non-hydrogen) atoms. The first-order valence-electron chi connectivity index (χ1n) is 9.19. The van der Waals surface area contributed by atoms with Crippen molar-refractivity contribution in [2.24, 2.45) is 5.11 Å². The average Bonchev–Trinajstić information content (AvgIpc) is 2.45. The number of phosphoric ester groups is 1. The summed E-state index contributed by atoms with van der Waals surface area (Å²) in [6.45, 7) is 1.18. The van der Waals surface area contributed by atoms with Gasteiger partial charge in [-0.3, -0.25) is 4.52 Å². The Balaban J connectivity index is 3.71. The van der Waals surface area contributed by atoms with Crippen molar-refractivity contribution < 1.29 is 23.4 Å². The molecule has 0 fully saturated rings. The van der Waals surface area contributed by atoms with E-state index in [1.807, 2.05) is 21.1 Å². The Labute approximate surface area is 152 Å². The Morgan fingerprint density at radius 3 is 1.92 bits per heavy atom. The molecule has 0 aromatic carbocycles. The molecular weight excluding hydrogens is 343 g/mol. The molecule has 0 spiro atoms. The van der Waals surface area contributed by atoms with Gasteiger partial charge in [-0.05, 0) is 18.4 Å². The second-order valence-corrected chi connectivity index (χ2v) is 8.81. The predicted molar refractivity (Wildman–Crippen MR) is 100.0 cm³/mol. The number of rotatable bonds is 16. The van der Waals surface area contributed by atoms with Crippen LogP contribution in [0.3, 0.4) is 0 Å². The van der Waals surface area contributed by atoms with Crippen LogP contribution in [0, 0.1) is 0 Å². The fourth-order valence-electron chi connectivity index (χ4n) is 2.82. The Morgan fingerprint density at radius 1 is 1.00 bits per heavy atom. The minimum atomic E-state index is -4.43. The molecule has 0 amide bonds. The third-order valence-electron chi connectivity index (χ3n) is 3.89. The number of unbranched alkanes of at least 4 members (excludes halogenated alkanes) is 8. The molecule has 0 aromatic heterocycles. The molecule has 8 nitrogen and oxygen atoms in total. The minimum absolute atomic E-state index is 0.406. The number of hydrogen-bond acceptors (Lipinski definition) is 3. The van der Waals surface area contributed by atoms with E-state index in [0.717, 1.165) is 32.1 Å². The maximum Gasteiger partial charge on any atom is 0.470 e. The van der Waals surface area contributed by atoms with Gasteiger partial charge in [0, 0.05) is 11.5 Å². The summed E-state index contributed by atoms with van der Waals surface area (Å²) in [5, 5.41) is 3.52. The second-order valence-electron chi connectivity index (χ2n) is 7.62. The first kappa shape index (κ1) is 24.4. The molecule has 2 N–H and O–H groups in total. The predicted octanol–water partition coefficient (Wildman–Crippen LogP) is 4.38. The van der Waals surface area contributed by atoms with Crippen LogP contribution in [-0.2, 0) is 9.09 Å². The highest BCUT2D eigenvalue weighted by Crippen LogP contribution is 2.39. The van der Waals surface area contributed by atoms with Gasteiger partial charge in [0.25, 0.3) is 0 Å². The number of hydrogen-bond donors (Lipinski definition) is 2. The summed E-state index contributed by atoms with van der Waals surface area (Å²) in [6.07, 6.45) is 10.3. The van der Waals surface area contributed by atoms with E-state index in [1.165, 1.54) is 25.7 Å². The summed E-state index contributed by atoms with van der Waals surface area (Å²) in [5.74, 6) is 0. The molecule has 0 saturated carbocycles. The van der Waals surface area contributed by atoms with E-state index < -0.39 is 13.9 Å². The van der Waals surface area contributed by atoms with E-state index in [-0.39, 0.29) is 0 Å². The Kier molecular flexibility index (Phi) is 13.2. The zero-order valence-corrected chi connectivity index (χ0v) is 16.9. The first-order valence-corrected chi connectivity index (χ1v) is 10.7. The van der Waals surface area contributed by atoms with Gasteiger partial charge < -0.3 is 14.3 Å². The lowest BCUT2D eigenvalue weighted by molar-refractivity contribution is -0.873. The lowest BCUT2D eigenvalue weighted by Gasteiger charge is -2.29. The number of azide groups is 1. The summed E-state index contributed by atoms with van der Waals surface area (Å²) in [5.41, 5.74) is 8.17. The fourth-order valence-corrected chi connectivity index (χ4v) is 3.38. The molecule has 0 bridgehead atoms. The van der Waals surface area contributed by atoms with Gasteiger partial charge in [-0.1, -0.05) is 56.5 Å². The van der Waals surface area contributed by atoms with Crippen LogP contribution in [-0.4, -0.2) is 54.6 Å². The van der Waals surface area contributed by atoms with Crippen molar-refractivity contribution >= 4 is 7.82 Å². The van der Waals surface area contributed by atoms with Crippen molar-refractivity contribution in [1.29, 1.82) is 0 Å². The Bertz CT molecular complexity index is 430. The summed E-state index contributed by atoms with van der Waals surface area (Å²) in [7, 11) is 1.54. The summed E-state index contributed by atoms with van der Waals surface area (Å²) < 4.78 is 16.6. The summed E-state index contributed by atoms with van der Waals surface area (Å²) in [6, 6.07) is 0. The molecule has 1 unspecified atom stereocenters. The Hall–Kier alpha value is -0.620. The van der Waals surface area contributed by atoms with Crippen LogP contribution in [0.1, 0.15) is 64.2 Å². The third-order valence-corrected chi connectivity index (χ3v) is 4.46. The second kappa shape index (κ2) is 13.6. The summed E-state index contributed by atoms with van der Waals surface area (Å²) >= 11 is 0. The van der Waals surface area contributed by atoms with E-state index in [4.69, 9.17) is 19.8 Å². The molecule has 148 valence electrons. The average molecular weight is 379 g/mol. The van der Waals surface area contributed by atoms with Gasteiger partial charge in [-0.2, -0.15) is 0 Å². The van der Waals surface area contributed by atoms with Gasteiger partial charge in [-0.15, -0.1) is 0 Å². The maximum atomic E-state index is 11.1. The zero-order valence-electron chi connectivity index (χ0n) is 16.0. The molecule has 1 atom stereocenters. The molecule has 0 radical (unpaired) electrons. The van der Waals surface area contributed by atoms with Crippen molar-refractivity contribution in [2.45, 2.75) is 70.3 Å². The van der Waals surface area contributed by atoms with Crippen LogP contribution >= 0.6 is 7.82 Å². The molecule has 0 aliphatic rings. The van der Waals surface area contributed by atoms with E-state index >= 15 is 0 Å². The quantitative estimate of drug-likeness (QED) is 0.103. The van der Waals surface area contributed by atoms with Crippen LogP contribution in [0.4, 0.5) is 0 Å². The highest BCUT2D eigenvalue weighted by atomic mass is 31.2. The first-order chi connectivity index (χ1) is 11.6. The fraction of sp³-hybridized carbons (Fsp3) is 1.00. The van der Waals surface area contributed by atoms with Gasteiger partial charge in [-0.25, -0.2) is 4.57 Å². The standard InChI is InChI=1S/C16H35N4O4P/c1-20(2,3)15-16(24-25(21,22)23)13-11-9-7-5-4-6-8-10-12-14-18-19-17/h16H,4-15H2,1-3H3,(H-,21,22,23)/p+1. The molecule has 0 heterocycles. The molecular formula is C16H36N4O4P+. The molecule has 0 aromatic rings.